The van der Waals surface area contributed by atoms with Gasteiger partial charge in [-0.1, -0.05) is 66.8 Å². The molecule has 6 rings (SSSR count). The van der Waals surface area contributed by atoms with Crippen LogP contribution in [0.25, 0.3) is 11.4 Å². The Morgan fingerprint density at radius 3 is 2.67 bits per heavy atom. The van der Waals surface area contributed by atoms with Crippen LogP contribution in [0.2, 0.25) is 0 Å². The smallest absolute Gasteiger partial charge is 0.301 e. The number of aliphatic hydroxyl groups is 1. The first-order valence-corrected chi connectivity index (χ1v) is 16.4. The van der Waals surface area contributed by atoms with Gasteiger partial charge in [-0.05, 0) is 54.8 Å². The number of benzene rings is 2. The lowest BCUT2D eigenvalue weighted by molar-refractivity contribution is -0.132. The van der Waals surface area contributed by atoms with E-state index in [1.807, 2.05) is 6.07 Å². The first kappa shape index (κ1) is 31.2. The van der Waals surface area contributed by atoms with Crippen LogP contribution in [0.15, 0.2) is 76.8 Å². The van der Waals surface area contributed by atoms with E-state index < -0.39 is 17.7 Å². The molecule has 2 aromatic carbocycles. The summed E-state index contributed by atoms with van der Waals surface area (Å²) in [6, 6.07) is 15.9. The minimum absolute atomic E-state index is 0.129. The van der Waals surface area contributed by atoms with Crippen LogP contribution in [-0.2, 0) is 15.3 Å². The van der Waals surface area contributed by atoms with E-state index in [1.54, 1.807) is 66.1 Å². The Kier molecular flexibility index (Phi) is 9.04. The number of fused-ring (bicyclic) bond motifs is 1. The molecule has 4 heterocycles. The second-order valence-electron chi connectivity index (χ2n) is 10.5. The van der Waals surface area contributed by atoms with Gasteiger partial charge in [-0.15, -0.1) is 10.2 Å². The van der Waals surface area contributed by atoms with E-state index in [-0.39, 0.29) is 22.3 Å². The van der Waals surface area contributed by atoms with Crippen molar-refractivity contribution in [3.8, 4) is 11.5 Å². The van der Waals surface area contributed by atoms with Crippen LogP contribution in [0.1, 0.15) is 48.3 Å². The molecule has 0 aliphatic carbocycles. The molecule has 5 aromatic rings. The molecule has 0 saturated carbocycles. The molecule has 1 amide bonds. The fourth-order valence-corrected chi connectivity index (χ4v) is 7.14. The number of nitrogens with zero attached hydrogens (tertiary/aromatic N) is 5. The predicted octanol–water partition coefficient (Wildman–Crippen LogP) is 6.74. The van der Waals surface area contributed by atoms with Crippen molar-refractivity contribution in [3.05, 3.63) is 101 Å². The number of aliphatic hydroxyl groups excluding tert-OH is 1. The molecule has 46 heavy (non-hydrogen) atoms. The molecule has 1 aliphatic rings. The highest BCUT2D eigenvalue weighted by Gasteiger charge is 2.49. The van der Waals surface area contributed by atoms with Crippen molar-refractivity contribution in [2.75, 3.05) is 18.6 Å². The van der Waals surface area contributed by atoms with Crippen LogP contribution in [0, 0.1) is 12.7 Å². The highest BCUT2D eigenvalue weighted by Crippen LogP contribution is 2.46. The van der Waals surface area contributed by atoms with Gasteiger partial charge in [-0.3, -0.25) is 18.9 Å². The van der Waals surface area contributed by atoms with E-state index in [9.17, 15) is 19.1 Å². The Balaban J connectivity index is 1.45. The molecule has 3 aromatic heterocycles. The number of halogens is 1. The van der Waals surface area contributed by atoms with E-state index in [0.29, 0.717) is 56.4 Å². The van der Waals surface area contributed by atoms with Crippen molar-refractivity contribution < 1.29 is 28.6 Å². The van der Waals surface area contributed by atoms with Crippen LogP contribution in [0.4, 0.5) is 9.52 Å². The Labute approximate surface area is 272 Å². The summed E-state index contributed by atoms with van der Waals surface area (Å²) in [5.74, 6) is -1.24. The third-order valence-corrected chi connectivity index (χ3v) is 9.65. The molecular formula is C33H30FN5O5S2. The van der Waals surface area contributed by atoms with Crippen molar-refractivity contribution in [1.82, 2.24) is 19.6 Å². The molecule has 0 bridgehead atoms. The van der Waals surface area contributed by atoms with E-state index in [2.05, 4.69) is 22.1 Å². The van der Waals surface area contributed by atoms with Crippen LogP contribution in [-0.4, -0.2) is 50.1 Å². The maximum absolute atomic E-state index is 14.2. The van der Waals surface area contributed by atoms with Crippen molar-refractivity contribution >= 4 is 51.3 Å². The number of anilines is 1. The van der Waals surface area contributed by atoms with Crippen LogP contribution < -0.4 is 14.4 Å². The number of hydrogen-bond acceptors (Lipinski definition) is 10. The molecule has 0 radical (unpaired) electrons. The first-order chi connectivity index (χ1) is 22.3. The molecule has 13 heteroatoms. The number of pyridine rings is 1. The lowest BCUT2D eigenvalue weighted by Crippen LogP contribution is -2.29. The van der Waals surface area contributed by atoms with Gasteiger partial charge in [0.05, 0.1) is 31.0 Å². The summed E-state index contributed by atoms with van der Waals surface area (Å²) in [6.45, 7) is 4.29. The zero-order valence-corrected chi connectivity index (χ0v) is 26.9. The molecule has 0 spiro atoms. The summed E-state index contributed by atoms with van der Waals surface area (Å²) in [5.41, 5.74) is 2.21. The molecule has 1 unspecified atom stereocenters. The number of methoxy groups -OCH3 is 1. The number of Topliss-reactive ketones (excluding diaryl/α,β-unsaturated/α-hetero) is 1. The SMILES string of the molecule is CCCCOc1ccc(C2C(=C(O)c3c(C)nc4ccccn34)C(=O)C(=O)N2c2nnc(SCc3ccccc3F)s2)cc1OC. The number of aryl methyl sites for hydroxylation is 1. The number of thioether (sulfide) groups is 1. The van der Waals surface area contributed by atoms with E-state index >= 15 is 0 Å². The second-order valence-corrected chi connectivity index (χ2v) is 12.7. The molecule has 1 aliphatic heterocycles. The minimum Gasteiger partial charge on any atom is -0.505 e. The summed E-state index contributed by atoms with van der Waals surface area (Å²) in [7, 11) is 1.51. The van der Waals surface area contributed by atoms with Gasteiger partial charge in [0.15, 0.2) is 21.6 Å². The molecule has 1 saturated heterocycles. The van der Waals surface area contributed by atoms with Gasteiger partial charge in [0.2, 0.25) is 5.13 Å². The summed E-state index contributed by atoms with van der Waals surface area (Å²) in [6.07, 6.45) is 3.54. The summed E-state index contributed by atoms with van der Waals surface area (Å²) < 4.78 is 27.9. The number of ketones is 1. The van der Waals surface area contributed by atoms with Crippen molar-refractivity contribution in [3.63, 3.8) is 0 Å². The van der Waals surface area contributed by atoms with Gasteiger partial charge >= 0.3 is 5.91 Å². The number of amides is 1. The lowest BCUT2D eigenvalue weighted by atomic mass is 9.96. The van der Waals surface area contributed by atoms with Gasteiger partial charge < -0.3 is 14.6 Å². The van der Waals surface area contributed by atoms with Gasteiger partial charge in [-0.25, -0.2) is 9.37 Å². The largest absolute Gasteiger partial charge is 0.505 e. The van der Waals surface area contributed by atoms with E-state index in [1.165, 1.54) is 29.8 Å². The van der Waals surface area contributed by atoms with Crippen LogP contribution in [0.5, 0.6) is 11.5 Å². The third kappa shape index (κ3) is 5.83. The Bertz CT molecular complexity index is 1970. The topological polar surface area (TPSA) is 119 Å². The highest BCUT2D eigenvalue weighted by atomic mass is 32.2. The van der Waals surface area contributed by atoms with E-state index in [0.717, 1.165) is 24.2 Å². The molecule has 236 valence electrons. The quantitative estimate of drug-likeness (QED) is 0.0411. The van der Waals surface area contributed by atoms with Gasteiger partial charge in [0, 0.05) is 11.9 Å². The number of carbonyl (C=O) groups is 2. The zero-order chi connectivity index (χ0) is 32.4. The second kappa shape index (κ2) is 13.3. The predicted molar refractivity (Wildman–Crippen MR) is 174 cm³/mol. The monoisotopic (exact) mass is 659 g/mol. The summed E-state index contributed by atoms with van der Waals surface area (Å²) in [4.78, 5) is 33.4. The minimum atomic E-state index is -1.08. The molecule has 10 nitrogen and oxygen atoms in total. The number of imidazole rings is 1. The average Bonchev–Trinajstić information content (AvgIpc) is 3.74. The first-order valence-electron chi connectivity index (χ1n) is 14.6. The fraction of sp³-hybridized carbons (Fsp3) is 0.242. The Hall–Kier alpha value is -4.75. The van der Waals surface area contributed by atoms with Crippen molar-refractivity contribution in [2.45, 2.75) is 42.8 Å². The fourth-order valence-electron chi connectivity index (χ4n) is 5.28. The number of carbonyl (C=O) groups excluding carboxylic acids is 2. The standard InChI is InChI=1S/C33H30FN5O5S2/c1-4-5-16-44-23-14-13-20(17-24(23)43-3)28-26(29(40)27-19(2)35-25-12-8-9-15-38(25)27)30(41)31(42)39(28)32-36-37-33(46-32)45-18-21-10-6-7-11-22(21)34/h6-15,17,28,40H,4-5,16,18H2,1-3H3. The zero-order valence-electron chi connectivity index (χ0n) is 25.3. The maximum atomic E-state index is 14.2. The van der Waals surface area contributed by atoms with Gasteiger partial charge in [0.25, 0.3) is 5.78 Å². The normalized spacial score (nSPS) is 16.0. The number of hydrogen-bond donors (Lipinski definition) is 1. The van der Waals surface area contributed by atoms with Gasteiger partial charge in [0.1, 0.15) is 17.2 Å². The van der Waals surface area contributed by atoms with E-state index in [4.69, 9.17) is 9.47 Å². The number of ether oxygens (including phenoxy) is 2. The van der Waals surface area contributed by atoms with Gasteiger partial charge in [-0.2, -0.15) is 0 Å². The highest BCUT2D eigenvalue weighted by molar-refractivity contribution is 8.00. The van der Waals surface area contributed by atoms with Crippen LogP contribution >= 0.6 is 23.1 Å². The summed E-state index contributed by atoms with van der Waals surface area (Å²) >= 11 is 2.36. The van der Waals surface area contributed by atoms with Crippen molar-refractivity contribution in [2.24, 2.45) is 0 Å². The molecule has 1 atom stereocenters. The number of rotatable bonds is 11. The molecule has 1 N–H and O–H groups in total. The maximum Gasteiger partial charge on any atom is 0.301 e. The number of aromatic nitrogens is 4. The average molecular weight is 660 g/mol. The molecule has 1 fully saturated rings. The molecular weight excluding hydrogens is 630 g/mol. The summed E-state index contributed by atoms with van der Waals surface area (Å²) in [5, 5.41) is 20.5. The van der Waals surface area contributed by atoms with Crippen LogP contribution in [0.3, 0.4) is 0 Å². The lowest BCUT2D eigenvalue weighted by Gasteiger charge is -2.23. The Morgan fingerprint density at radius 2 is 1.89 bits per heavy atom. The number of unbranched alkanes of at least 4 members (excludes halogenated alkanes) is 1. The van der Waals surface area contributed by atoms with Crippen molar-refractivity contribution in [1.29, 1.82) is 0 Å². The Morgan fingerprint density at radius 1 is 1.09 bits per heavy atom. The third-order valence-electron chi connectivity index (χ3n) is 7.54.